The Balaban J connectivity index is 1.65. The molecule has 21 heavy (non-hydrogen) atoms. The Morgan fingerprint density at radius 1 is 1.38 bits per heavy atom. The van der Waals surface area contributed by atoms with Crippen molar-refractivity contribution in [2.24, 2.45) is 4.99 Å². The van der Waals surface area contributed by atoms with Crippen molar-refractivity contribution < 1.29 is 9.21 Å². The van der Waals surface area contributed by atoms with Gasteiger partial charge in [0.05, 0.1) is 18.8 Å². The van der Waals surface area contributed by atoms with Crippen LogP contribution in [0.4, 0.5) is 0 Å². The lowest BCUT2D eigenvalue weighted by molar-refractivity contribution is -0.119. The Hall–Kier alpha value is -1.47. The third-order valence-electron chi connectivity index (χ3n) is 2.93. The van der Waals surface area contributed by atoms with Gasteiger partial charge < -0.3 is 14.6 Å². The summed E-state index contributed by atoms with van der Waals surface area (Å²) in [6, 6.07) is 3.86. The summed E-state index contributed by atoms with van der Waals surface area (Å²) in [5.74, 6) is 4.27. The molecule has 0 aromatic carbocycles. The maximum Gasteiger partial charge on any atom is 0.248 e. The zero-order chi connectivity index (χ0) is 15.2. The van der Waals surface area contributed by atoms with Crippen LogP contribution in [0.3, 0.4) is 0 Å². The van der Waals surface area contributed by atoms with Crippen molar-refractivity contribution in [1.29, 1.82) is 0 Å². The fourth-order valence-corrected chi connectivity index (χ4v) is 2.63. The van der Waals surface area contributed by atoms with Crippen LogP contribution in [0.25, 0.3) is 0 Å². The SMILES string of the molecule is CC1NC(=NCCSCc2ccc(CN(C)C)o2)NC1=O. The first kappa shape index (κ1) is 15.9. The van der Waals surface area contributed by atoms with E-state index < -0.39 is 0 Å². The molecule has 2 heterocycles. The average Bonchev–Trinajstić information content (AvgIpc) is 2.96. The van der Waals surface area contributed by atoms with Gasteiger partial charge in [-0.05, 0) is 33.2 Å². The van der Waals surface area contributed by atoms with Crippen LogP contribution < -0.4 is 10.6 Å². The van der Waals surface area contributed by atoms with Crippen LogP contribution >= 0.6 is 11.8 Å². The third-order valence-corrected chi connectivity index (χ3v) is 3.89. The number of hydrogen-bond donors (Lipinski definition) is 2. The van der Waals surface area contributed by atoms with Gasteiger partial charge in [0.15, 0.2) is 5.96 Å². The number of furan rings is 1. The van der Waals surface area contributed by atoms with Crippen LogP contribution in [-0.2, 0) is 17.1 Å². The second-order valence-corrected chi connectivity index (χ2v) is 6.35. The van der Waals surface area contributed by atoms with Crippen LogP contribution in [0.15, 0.2) is 21.5 Å². The Kier molecular flexibility index (Phi) is 5.69. The van der Waals surface area contributed by atoms with Gasteiger partial charge in [-0.3, -0.25) is 15.1 Å². The van der Waals surface area contributed by atoms with Gasteiger partial charge in [0, 0.05) is 5.75 Å². The van der Waals surface area contributed by atoms with Gasteiger partial charge in [0.2, 0.25) is 5.91 Å². The number of amides is 1. The highest BCUT2D eigenvalue weighted by Crippen LogP contribution is 2.16. The molecule has 1 unspecified atom stereocenters. The Labute approximate surface area is 129 Å². The molecule has 0 saturated carbocycles. The topological polar surface area (TPSA) is 69.9 Å². The normalized spacial score (nSPS) is 20.1. The second kappa shape index (κ2) is 7.51. The maximum absolute atomic E-state index is 11.3. The molecule has 1 amide bonds. The minimum absolute atomic E-state index is 0.0228. The first-order valence-corrected chi connectivity index (χ1v) is 8.12. The lowest BCUT2D eigenvalue weighted by Crippen LogP contribution is -2.26. The minimum Gasteiger partial charge on any atom is -0.464 e. The lowest BCUT2D eigenvalue weighted by Gasteiger charge is -2.05. The van der Waals surface area contributed by atoms with Crippen LogP contribution in [0.5, 0.6) is 0 Å². The molecular formula is C14H22N4O2S. The van der Waals surface area contributed by atoms with Gasteiger partial charge >= 0.3 is 0 Å². The van der Waals surface area contributed by atoms with Gasteiger partial charge in [-0.15, -0.1) is 0 Å². The molecule has 1 aromatic rings. The average molecular weight is 310 g/mol. The predicted octanol–water partition coefficient (Wildman–Crippen LogP) is 1.04. The molecule has 1 saturated heterocycles. The highest BCUT2D eigenvalue weighted by molar-refractivity contribution is 7.98. The summed E-state index contributed by atoms with van der Waals surface area (Å²) < 4.78 is 5.73. The summed E-state index contributed by atoms with van der Waals surface area (Å²) in [6.07, 6.45) is 0. The molecule has 7 heteroatoms. The van der Waals surface area contributed by atoms with E-state index in [1.165, 1.54) is 0 Å². The molecule has 1 aromatic heterocycles. The molecule has 0 spiro atoms. The van der Waals surface area contributed by atoms with Crippen LogP contribution in [-0.4, -0.2) is 49.2 Å². The van der Waals surface area contributed by atoms with E-state index in [1.54, 1.807) is 11.8 Å². The number of guanidine groups is 1. The Bertz CT molecular complexity index is 513. The summed E-state index contributed by atoms with van der Waals surface area (Å²) in [4.78, 5) is 17.7. The lowest BCUT2D eigenvalue weighted by atomic mass is 10.4. The Morgan fingerprint density at radius 2 is 2.14 bits per heavy atom. The first-order chi connectivity index (χ1) is 10.0. The van der Waals surface area contributed by atoms with Crippen molar-refractivity contribution in [3.8, 4) is 0 Å². The zero-order valence-corrected chi connectivity index (χ0v) is 13.5. The van der Waals surface area contributed by atoms with Crippen molar-refractivity contribution in [2.75, 3.05) is 26.4 Å². The molecule has 2 N–H and O–H groups in total. The molecule has 1 aliphatic rings. The van der Waals surface area contributed by atoms with Crippen LogP contribution in [0.2, 0.25) is 0 Å². The van der Waals surface area contributed by atoms with E-state index in [1.807, 2.05) is 33.2 Å². The molecule has 0 aliphatic carbocycles. The second-order valence-electron chi connectivity index (χ2n) is 5.24. The smallest absolute Gasteiger partial charge is 0.248 e. The summed E-state index contributed by atoms with van der Waals surface area (Å²) in [5, 5.41) is 5.69. The Morgan fingerprint density at radius 3 is 2.81 bits per heavy atom. The van der Waals surface area contributed by atoms with E-state index in [-0.39, 0.29) is 11.9 Å². The molecule has 1 aliphatic heterocycles. The highest BCUT2D eigenvalue weighted by Gasteiger charge is 2.22. The number of rotatable bonds is 7. The number of hydrogen-bond acceptors (Lipinski definition) is 5. The summed E-state index contributed by atoms with van der Waals surface area (Å²) in [7, 11) is 4.04. The maximum atomic E-state index is 11.3. The summed E-state index contributed by atoms with van der Waals surface area (Å²) in [6.45, 7) is 3.31. The molecule has 0 radical (unpaired) electrons. The predicted molar refractivity (Wildman–Crippen MR) is 85.3 cm³/mol. The quantitative estimate of drug-likeness (QED) is 0.736. The molecule has 6 nitrogen and oxygen atoms in total. The molecule has 116 valence electrons. The van der Waals surface area contributed by atoms with Crippen LogP contribution in [0, 0.1) is 0 Å². The molecule has 1 atom stereocenters. The first-order valence-electron chi connectivity index (χ1n) is 6.96. The number of thioether (sulfide) groups is 1. The zero-order valence-electron chi connectivity index (χ0n) is 12.7. The molecule has 2 rings (SSSR count). The van der Waals surface area contributed by atoms with Gasteiger partial charge in [-0.25, -0.2) is 0 Å². The fourth-order valence-electron chi connectivity index (χ4n) is 1.91. The van der Waals surface area contributed by atoms with Crippen molar-refractivity contribution in [1.82, 2.24) is 15.5 Å². The number of aliphatic imine (C=N–C) groups is 1. The van der Waals surface area contributed by atoms with Gasteiger partial charge in [0.1, 0.15) is 17.6 Å². The standard InChI is InChI=1S/C14H22N4O2S/c1-10-13(19)17-14(16-10)15-6-7-21-9-12-5-4-11(20-12)8-18(2)3/h4-5,10H,6-9H2,1-3H3,(H2,15,16,17,19). The summed E-state index contributed by atoms with van der Waals surface area (Å²) in [5.41, 5.74) is 0. The van der Waals surface area contributed by atoms with Crippen LogP contribution in [0.1, 0.15) is 18.4 Å². The van der Waals surface area contributed by atoms with E-state index in [0.717, 1.165) is 29.6 Å². The molecule has 0 bridgehead atoms. The number of carbonyl (C=O) groups excluding carboxylic acids is 1. The van der Waals surface area contributed by atoms with Crippen molar-refractivity contribution in [3.63, 3.8) is 0 Å². The number of carbonyl (C=O) groups is 1. The monoisotopic (exact) mass is 310 g/mol. The fraction of sp³-hybridized carbons (Fsp3) is 0.571. The van der Waals surface area contributed by atoms with Gasteiger partial charge in [0.25, 0.3) is 0 Å². The molecular weight excluding hydrogens is 288 g/mol. The van der Waals surface area contributed by atoms with Crippen molar-refractivity contribution >= 4 is 23.6 Å². The van der Waals surface area contributed by atoms with E-state index >= 15 is 0 Å². The summed E-state index contributed by atoms with van der Waals surface area (Å²) >= 11 is 1.77. The largest absolute Gasteiger partial charge is 0.464 e. The van der Waals surface area contributed by atoms with E-state index in [2.05, 4.69) is 20.5 Å². The van der Waals surface area contributed by atoms with Crippen molar-refractivity contribution in [2.45, 2.75) is 25.3 Å². The number of nitrogens with zero attached hydrogens (tertiary/aromatic N) is 2. The van der Waals surface area contributed by atoms with Crippen molar-refractivity contribution in [3.05, 3.63) is 23.7 Å². The number of nitrogens with one attached hydrogen (secondary N) is 2. The van der Waals surface area contributed by atoms with E-state index in [0.29, 0.717) is 12.5 Å². The van der Waals surface area contributed by atoms with E-state index in [9.17, 15) is 4.79 Å². The van der Waals surface area contributed by atoms with E-state index in [4.69, 9.17) is 4.42 Å². The molecule has 1 fully saturated rings. The highest BCUT2D eigenvalue weighted by atomic mass is 32.2. The van der Waals surface area contributed by atoms with Gasteiger partial charge in [-0.1, -0.05) is 0 Å². The van der Waals surface area contributed by atoms with Gasteiger partial charge in [-0.2, -0.15) is 11.8 Å². The minimum atomic E-state index is -0.186. The third kappa shape index (κ3) is 5.09.